The number of carboxylic acids is 1. The summed E-state index contributed by atoms with van der Waals surface area (Å²) in [4.78, 5) is 33.8. The minimum Gasteiger partial charge on any atom is -0.481 e. The number of pyridine rings is 1. The van der Waals surface area contributed by atoms with Crippen molar-refractivity contribution in [2.75, 3.05) is 11.4 Å². The van der Waals surface area contributed by atoms with E-state index in [-0.39, 0.29) is 24.5 Å². The Balaban J connectivity index is 1.80. The van der Waals surface area contributed by atoms with Crippen LogP contribution in [0.25, 0.3) is 10.3 Å². The van der Waals surface area contributed by atoms with Gasteiger partial charge in [0, 0.05) is 13.0 Å². The van der Waals surface area contributed by atoms with E-state index in [1.807, 2.05) is 0 Å². The van der Waals surface area contributed by atoms with Gasteiger partial charge < -0.3 is 9.84 Å². The van der Waals surface area contributed by atoms with Gasteiger partial charge in [0.2, 0.25) is 0 Å². The molecule has 1 N–H and O–H groups in total. The summed E-state index contributed by atoms with van der Waals surface area (Å²) in [6.07, 6.45) is -4.74. The molecule has 12 heteroatoms. The number of ether oxygens (including phenoxy) is 1. The molecule has 0 saturated carbocycles. The number of halogens is 3. The number of benzene rings is 1. The second kappa shape index (κ2) is 9.52. The minimum atomic E-state index is -4.50. The van der Waals surface area contributed by atoms with Gasteiger partial charge in [-0.1, -0.05) is 11.3 Å². The number of anilines is 1. The molecule has 164 valence electrons. The first-order valence-corrected chi connectivity index (χ1v) is 10.2. The Hall–Kier alpha value is -2.86. The third kappa shape index (κ3) is 6.07. The van der Waals surface area contributed by atoms with E-state index >= 15 is 0 Å². The van der Waals surface area contributed by atoms with Crippen LogP contribution in [-0.4, -0.2) is 33.7 Å². The number of thiazole rings is 1. The number of amides is 1. The van der Waals surface area contributed by atoms with Gasteiger partial charge in [-0.25, -0.2) is 14.8 Å². The fourth-order valence-electron chi connectivity index (χ4n) is 2.66. The largest absolute Gasteiger partial charge is 0.481 e. The molecule has 3 rings (SSSR count). The minimum absolute atomic E-state index is 0.0634. The highest BCUT2D eigenvalue weighted by molar-refractivity contribution is 7.82. The zero-order chi connectivity index (χ0) is 22.6. The predicted molar refractivity (Wildman–Crippen MR) is 111 cm³/mol. The number of nitrogens with zero attached hydrogens (tertiary/aromatic N) is 3. The smallest absolute Gasteiger partial charge is 0.420 e. The van der Waals surface area contributed by atoms with E-state index in [0.717, 1.165) is 24.3 Å². The molecule has 3 aromatic rings. The molecule has 0 unspecified atom stereocenters. The number of carbonyl (C=O) groups excluding carboxylic acids is 1. The van der Waals surface area contributed by atoms with Crippen LogP contribution in [0.5, 0.6) is 5.75 Å². The summed E-state index contributed by atoms with van der Waals surface area (Å²) in [5.74, 6) is -0.772. The first kappa shape index (κ1) is 22.8. The topological polar surface area (TPSA) is 92.6 Å². The Morgan fingerprint density at radius 3 is 2.45 bits per heavy atom. The van der Waals surface area contributed by atoms with Gasteiger partial charge in [-0.3, -0.25) is 9.69 Å². The van der Waals surface area contributed by atoms with Crippen LogP contribution in [0.4, 0.5) is 23.8 Å². The number of rotatable bonds is 7. The third-order valence-corrected chi connectivity index (χ3v) is 5.28. The van der Waals surface area contributed by atoms with Crippen molar-refractivity contribution in [3.8, 4) is 5.75 Å². The van der Waals surface area contributed by atoms with E-state index < -0.39 is 23.8 Å². The molecular weight excluding hydrogens is 455 g/mol. The lowest BCUT2D eigenvalue weighted by Gasteiger charge is -2.21. The van der Waals surface area contributed by atoms with Crippen LogP contribution in [0, 0.1) is 0 Å². The molecule has 31 heavy (non-hydrogen) atoms. The number of hydrogen-bond donors (Lipinski definition) is 2. The molecule has 1 amide bonds. The molecule has 0 radical (unpaired) electrons. The summed E-state index contributed by atoms with van der Waals surface area (Å²) >= 11 is 5.39. The predicted octanol–water partition coefficient (Wildman–Crippen LogP) is 5.26. The molecule has 0 bridgehead atoms. The fourth-order valence-corrected chi connectivity index (χ4v) is 3.70. The van der Waals surface area contributed by atoms with Crippen LogP contribution in [0.15, 0.2) is 40.7 Å². The molecule has 2 heterocycles. The summed E-state index contributed by atoms with van der Waals surface area (Å²) < 4.78 is 43.9. The van der Waals surface area contributed by atoms with Crippen molar-refractivity contribution in [2.45, 2.75) is 29.8 Å². The molecule has 1 aromatic carbocycles. The normalized spacial score (nSPS) is 11.5. The second-order valence-electron chi connectivity index (χ2n) is 6.38. The molecular formula is C19H16F3N3O4S2. The van der Waals surface area contributed by atoms with Gasteiger partial charge in [0.15, 0.2) is 0 Å². The Morgan fingerprint density at radius 1 is 1.10 bits per heavy atom. The quantitative estimate of drug-likeness (QED) is 0.361. The van der Waals surface area contributed by atoms with Crippen molar-refractivity contribution in [1.29, 1.82) is 0 Å². The molecule has 0 atom stereocenters. The van der Waals surface area contributed by atoms with Gasteiger partial charge in [0.05, 0.1) is 5.56 Å². The van der Waals surface area contributed by atoms with Gasteiger partial charge in [-0.15, -0.1) is 12.6 Å². The number of unbranched alkanes of at least 4 members (excludes halogenated alkanes) is 1. The van der Waals surface area contributed by atoms with E-state index in [2.05, 4.69) is 22.6 Å². The van der Waals surface area contributed by atoms with E-state index in [9.17, 15) is 22.8 Å². The van der Waals surface area contributed by atoms with Crippen molar-refractivity contribution in [3.63, 3.8) is 0 Å². The Morgan fingerprint density at radius 2 is 1.81 bits per heavy atom. The Kier molecular flexibility index (Phi) is 7.01. The number of thiol groups is 1. The SMILES string of the molecule is O=C(O)CCCCN(C(=O)Oc1ccc(C(F)(F)F)cc1)c1ccc2nc(S)sc2n1. The zero-order valence-electron chi connectivity index (χ0n) is 15.8. The standard InChI is InChI=1S/C19H16F3N3O4S2/c20-19(21,22)11-4-6-12(7-5-11)29-18(28)25(10-2-1-3-15(26)27)14-9-8-13-16(24-14)31-17(30)23-13/h4-9H,1-3,10H2,(H,23,30)(H,26,27). The van der Waals surface area contributed by atoms with Gasteiger partial charge in [-0.05, 0) is 49.2 Å². The van der Waals surface area contributed by atoms with Crippen LogP contribution in [0.2, 0.25) is 0 Å². The summed E-state index contributed by atoms with van der Waals surface area (Å²) in [5, 5.41) is 8.79. The third-order valence-electron chi connectivity index (χ3n) is 4.14. The van der Waals surface area contributed by atoms with Crippen LogP contribution in [0.3, 0.4) is 0 Å². The molecule has 0 aliphatic rings. The summed E-state index contributed by atoms with van der Waals surface area (Å²) in [6, 6.07) is 6.95. The molecule has 0 aliphatic heterocycles. The van der Waals surface area contributed by atoms with E-state index in [0.29, 0.717) is 27.5 Å². The highest BCUT2D eigenvalue weighted by Gasteiger charge is 2.30. The lowest BCUT2D eigenvalue weighted by molar-refractivity contribution is -0.138. The van der Waals surface area contributed by atoms with Crippen molar-refractivity contribution in [2.24, 2.45) is 0 Å². The Labute approximate surface area is 183 Å². The van der Waals surface area contributed by atoms with E-state index in [1.165, 1.54) is 16.2 Å². The molecule has 0 saturated heterocycles. The molecule has 0 fully saturated rings. The van der Waals surface area contributed by atoms with Gasteiger partial charge in [-0.2, -0.15) is 13.2 Å². The van der Waals surface area contributed by atoms with Crippen LogP contribution >= 0.6 is 24.0 Å². The highest BCUT2D eigenvalue weighted by Crippen LogP contribution is 2.31. The van der Waals surface area contributed by atoms with Crippen LogP contribution in [0.1, 0.15) is 24.8 Å². The fraction of sp³-hybridized carbons (Fsp3) is 0.263. The first-order valence-electron chi connectivity index (χ1n) is 8.98. The van der Waals surface area contributed by atoms with Gasteiger partial charge in [0.25, 0.3) is 0 Å². The average molecular weight is 471 g/mol. The van der Waals surface area contributed by atoms with Gasteiger partial charge in [0.1, 0.15) is 26.3 Å². The zero-order valence-corrected chi connectivity index (χ0v) is 17.5. The van der Waals surface area contributed by atoms with Crippen LogP contribution < -0.4 is 9.64 Å². The monoisotopic (exact) mass is 471 g/mol. The summed E-state index contributed by atoms with van der Waals surface area (Å²) in [5.41, 5.74) is -0.265. The summed E-state index contributed by atoms with van der Waals surface area (Å²) in [7, 11) is 0. The maximum absolute atomic E-state index is 12.8. The number of fused-ring (bicyclic) bond motifs is 1. The van der Waals surface area contributed by atoms with Crippen molar-refractivity contribution in [3.05, 3.63) is 42.0 Å². The van der Waals surface area contributed by atoms with E-state index in [1.54, 1.807) is 12.1 Å². The number of aromatic nitrogens is 2. The Bertz CT molecular complexity index is 1090. The average Bonchev–Trinajstić information content (AvgIpc) is 3.06. The van der Waals surface area contributed by atoms with Gasteiger partial charge >= 0.3 is 18.2 Å². The summed E-state index contributed by atoms with van der Waals surface area (Å²) in [6.45, 7) is 0.109. The van der Waals surface area contributed by atoms with Crippen molar-refractivity contribution < 1.29 is 32.6 Å². The van der Waals surface area contributed by atoms with E-state index in [4.69, 9.17) is 9.84 Å². The maximum Gasteiger partial charge on any atom is 0.420 e. The second-order valence-corrected chi connectivity index (χ2v) is 8.09. The molecule has 0 spiro atoms. The number of carbonyl (C=O) groups is 2. The highest BCUT2D eigenvalue weighted by atomic mass is 32.2. The maximum atomic E-state index is 12.8. The van der Waals surface area contributed by atoms with Crippen molar-refractivity contribution in [1.82, 2.24) is 9.97 Å². The molecule has 2 aromatic heterocycles. The molecule has 7 nitrogen and oxygen atoms in total. The molecule has 0 aliphatic carbocycles. The lowest BCUT2D eigenvalue weighted by atomic mass is 10.2. The lowest BCUT2D eigenvalue weighted by Crippen LogP contribution is -2.35. The number of aliphatic carboxylic acids is 1. The number of hydrogen-bond acceptors (Lipinski definition) is 7. The first-order chi connectivity index (χ1) is 14.6. The number of alkyl halides is 3. The number of carboxylic acid groups (broad SMARTS) is 1. The van der Waals surface area contributed by atoms with Crippen LogP contribution in [-0.2, 0) is 11.0 Å². The van der Waals surface area contributed by atoms with Crippen molar-refractivity contribution >= 4 is 52.2 Å².